The van der Waals surface area contributed by atoms with E-state index in [-0.39, 0.29) is 17.7 Å². The number of aromatic amines is 1. The number of tetrazole rings is 1. The van der Waals surface area contributed by atoms with E-state index in [2.05, 4.69) is 50.3 Å². The number of aromatic nitrogens is 5. The first-order valence-corrected chi connectivity index (χ1v) is 12.2. The van der Waals surface area contributed by atoms with Gasteiger partial charge in [-0.05, 0) is 71.8 Å². The summed E-state index contributed by atoms with van der Waals surface area (Å²) in [6.45, 7) is 6.04. The van der Waals surface area contributed by atoms with Crippen molar-refractivity contribution in [2.24, 2.45) is 0 Å². The fourth-order valence-corrected chi connectivity index (χ4v) is 5.32. The van der Waals surface area contributed by atoms with E-state index in [9.17, 15) is 4.79 Å². The maximum Gasteiger partial charge on any atom is 0.252 e. The Morgan fingerprint density at radius 2 is 2.24 bits per heavy atom. The van der Waals surface area contributed by atoms with Crippen LogP contribution >= 0.6 is 11.3 Å². The molecular formula is C24H28N6O2S. The highest BCUT2D eigenvalue weighted by Gasteiger charge is 2.22. The summed E-state index contributed by atoms with van der Waals surface area (Å²) in [7, 11) is 0. The highest BCUT2D eigenvalue weighted by Crippen LogP contribution is 2.24. The quantitative estimate of drug-likeness (QED) is 0.415. The maximum absolute atomic E-state index is 12.8. The first-order chi connectivity index (χ1) is 16.1. The lowest BCUT2D eigenvalue weighted by Gasteiger charge is -2.18. The van der Waals surface area contributed by atoms with Gasteiger partial charge in [0.25, 0.3) is 5.56 Å². The molecule has 33 heavy (non-hydrogen) atoms. The molecule has 2 N–H and O–H groups in total. The predicted molar refractivity (Wildman–Crippen MR) is 128 cm³/mol. The Morgan fingerprint density at radius 3 is 3.03 bits per heavy atom. The summed E-state index contributed by atoms with van der Waals surface area (Å²) in [6.07, 6.45) is 2.92. The van der Waals surface area contributed by atoms with Crippen molar-refractivity contribution in [3.05, 3.63) is 73.5 Å². The second-order valence-electron chi connectivity index (χ2n) is 8.73. The van der Waals surface area contributed by atoms with E-state index >= 15 is 0 Å². The van der Waals surface area contributed by atoms with Crippen LogP contribution < -0.4 is 10.9 Å². The second-order valence-corrected chi connectivity index (χ2v) is 9.71. The van der Waals surface area contributed by atoms with Gasteiger partial charge in [-0.3, -0.25) is 4.79 Å². The van der Waals surface area contributed by atoms with E-state index in [1.54, 1.807) is 11.3 Å². The Kier molecular flexibility index (Phi) is 6.34. The topological polar surface area (TPSA) is 97.7 Å². The lowest BCUT2D eigenvalue weighted by atomic mass is 10.0. The molecule has 2 unspecified atom stereocenters. The van der Waals surface area contributed by atoms with E-state index < -0.39 is 0 Å². The average molecular weight is 465 g/mol. The van der Waals surface area contributed by atoms with Crippen LogP contribution in [0.1, 0.15) is 46.3 Å². The zero-order chi connectivity index (χ0) is 22.8. The number of thiophene rings is 1. The van der Waals surface area contributed by atoms with E-state index in [1.807, 2.05) is 29.8 Å². The minimum Gasteiger partial charge on any atom is -0.376 e. The van der Waals surface area contributed by atoms with Gasteiger partial charge < -0.3 is 15.0 Å². The summed E-state index contributed by atoms with van der Waals surface area (Å²) in [5.41, 5.74) is 3.83. The Hall–Kier alpha value is -2.88. The van der Waals surface area contributed by atoms with Crippen LogP contribution in [0, 0.1) is 13.8 Å². The molecule has 0 radical (unpaired) electrons. The number of nitrogens with one attached hydrogen (secondary N) is 2. The summed E-state index contributed by atoms with van der Waals surface area (Å²) >= 11 is 1.69. The summed E-state index contributed by atoms with van der Waals surface area (Å²) in [6, 6.07) is 10.3. The van der Waals surface area contributed by atoms with Crippen molar-refractivity contribution in [1.29, 1.82) is 0 Å². The Labute approximate surface area is 196 Å². The SMILES string of the molecule is Cc1cc(C)c2cc(CNC(Cc3nnnn3CC3CCCO3)c3cccs3)c(=O)[nH]c2c1. The van der Waals surface area contributed by atoms with E-state index in [1.165, 1.54) is 4.88 Å². The molecule has 1 aliphatic heterocycles. The number of H-pyrrole nitrogens is 1. The third-order valence-electron chi connectivity index (χ3n) is 6.21. The third-order valence-corrected chi connectivity index (χ3v) is 7.19. The number of fused-ring (bicyclic) bond motifs is 1. The monoisotopic (exact) mass is 464 g/mol. The molecule has 4 aromatic rings. The largest absolute Gasteiger partial charge is 0.376 e. The maximum atomic E-state index is 12.8. The smallest absolute Gasteiger partial charge is 0.252 e. The van der Waals surface area contributed by atoms with Crippen LogP contribution in [0.15, 0.2) is 40.5 Å². The predicted octanol–water partition coefficient (Wildman–Crippen LogP) is 3.45. The zero-order valence-corrected chi connectivity index (χ0v) is 19.7. The van der Waals surface area contributed by atoms with Crippen molar-refractivity contribution in [1.82, 2.24) is 30.5 Å². The molecule has 1 saturated heterocycles. The molecule has 4 heterocycles. The van der Waals surface area contributed by atoms with Gasteiger partial charge >= 0.3 is 0 Å². The number of pyridine rings is 1. The Balaban J connectivity index is 1.36. The van der Waals surface area contributed by atoms with Crippen molar-refractivity contribution < 1.29 is 4.74 Å². The molecule has 5 rings (SSSR count). The molecule has 1 fully saturated rings. The van der Waals surface area contributed by atoms with Crippen molar-refractivity contribution in [2.45, 2.75) is 58.3 Å². The summed E-state index contributed by atoms with van der Waals surface area (Å²) in [4.78, 5) is 17.0. The molecule has 3 aromatic heterocycles. The molecule has 0 spiro atoms. The van der Waals surface area contributed by atoms with Crippen LogP contribution in [-0.2, 0) is 24.2 Å². The molecule has 1 aliphatic rings. The zero-order valence-electron chi connectivity index (χ0n) is 18.9. The molecule has 9 heteroatoms. The lowest BCUT2D eigenvalue weighted by molar-refractivity contribution is 0.0925. The molecular weight excluding hydrogens is 436 g/mol. The van der Waals surface area contributed by atoms with Crippen LogP contribution in [0.5, 0.6) is 0 Å². The van der Waals surface area contributed by atoms with E-state index in [4.69, 9.17) is 4.74 Å². The van der Waals surface area contributed by atoms with Crippen LogP contribution in [0.4, 0.5) is 0 Å². The van der Waals surface area contributed by atoms with Gasteiger partial charge in [0.05, 0.1) is 12.6 Å². The molecule has 2 atom stereocenters. The normalized spacial score (nSPS) is 17.1. The first-order valence-electron chi connectivity index (χ1n) is 11.3. The summed E-state index contributed by atoms with van der Waals surface area (Å²) in [5.74, 6) is 0.815. The standard InChI is InChI=1S/C24H28N6O2S/c1-15-9-16(2)19-11-17(24(31)26-20(19)10-15)13-25-21(22-6-4-8-33-22)12-23-27-28-29-30(23)14-18-5-3-7-32-18/h4,6,8-11,18,21,25H,3,5,7,12-14H2,1-2H3,(H,26,31). The van der Waals surface area contributed by atoms with Gasteiger partial charge in [-0.25, -0.2) is 4.68 Å². The molecule has 8 nitrogen and oxygen atoms in total. The highest BCUT2D eigenvalue weighted by molar-refractivity contribution is 7.10. The van der Waals surface area contributed by atoms with Crippen molar-refractivity contribution in [3.8, 4) is 0 Å². The molecule has 0 bridgehead atoms. The van der Waals surface area contributed by atoms with Gasteiger partial charge in [0.15, 0.2) is 5.82 Å². The highest BCUT2D eigenvalue weighted by atomic mass is 32.1. The number of ether oxygens (including phenoxy) is 1. The van der Waals surface area contributed by atoms with Crippen LogP contribution in [-0.4, -0.2) is 37.9 Å². The van der Waals surface area contributed by atoms with Gasteiger partial charge in [0, 0.05) is 47.0 Å². The van der Waals surface area contributed by atoms with Crippen LogP contribution in [0.25, 0.3) is 10.9 Å². The van der Waals surface area contributed by atoms with Gasteiger partial charge in [-0.2, -0.15) is 0 Å². The number of nitrogens with zero attached hydrogens (tertiary/aromatic N) is 4. The minimum absolute atomic E-state index is 0.00606. The summed E-state index contributed by atoms with van der Waals surface area (Å²) < 4.78 is 7.61. The van der Waals surface area contributed by atoms with Crippen molar-refractivity contribution in [3.63, 3.8) is 0 Å². The van der Waals surface area contributed by atoms with E-state index in [0.717, 1.165) is 52.9 Å². The molecule has 0 amide bonds. The van der Waals surface area contributed by atoms with Gasteiger partial charge in [-0.1, -0.05) is 12.1 Å². The number of rotatable bonds is 8. The fourth-order valence-electron chi connectivity index (χ4n) is 4.52. The first kappa shape index (κ1) is 21.9. The number of aryl methyl sites for hydroxylation is 2. The van der Waals surface area contributed by atoms with Gasteiger partial charge in [0.1, 0.15) is 0 Å². The molecule has 1 aromatic carbocycles. The Bertz CT molecular complexity index is 1290. The van der Waals surface area contributed by atoms with Crippen LogP contribution in [0.3, 0.4) is 0 Å². The fraction of sp³-hybridized carbons (Fsp3) is 0.417. The summed E-state index contributed by atoms with van der Waals surface area (Å²) in [5, 5.41) is 19.1. The van der Waals surface area contributed by atoms with Crippen LogP contribution in [0.2, 0.25) is 0 Å². The third kappa shape index (κ3) is 4.90. The molecule has 0 aliphatic carbocycles. The second kappa shape index (κ2) is 9.54. The van der Waals surface area contributed by atoms with E-state index in [0.29, 0.717) is 19.5 Å². The number of hydrogen-bond donors (Lipinski definition) is 2. The number of hydrogen-bond acceptors (Lipinski definition) is 7. The van der Waals surface area contributed by atoms with Crippen molar-refractivity contribution >= 4 is 22.2 Å². The Morgan fingerprint density at radius 1 is 1.33 bits per heavy atom. The minimum atomic E-state index is -0.0619. The van der Waals surface area contributed by atoms with Gasteiger partial charge in [0.2, 0.25) is 0 Å². The van der Waals surface area contributed by atoms with Crippen molar-refractivity contribution in [2.75, 3.05) is 6.61 Å². The lowest BCUT2D eigenvalue weighted by Crippen LogP contribution is -2.27. The van der Waals surface area contributed by atoms with Gasteiger partial charge in [-0.15, -0.1) is 16.4 Å². The molecule has 172 valence electrons. The molecule has 0 saturated carbocycles. The average Bonchev–Trinajstić information content (AvgIpc) is 3.55. The number of benzene rings is 1.